The van der Waals surface area contributed by atoms with E-state index in [0.29, 0.717) is 11.8 Å². The van der Waals surface area contributed by atoms with Crippen molar-refractivity contribution in [3.63, 3.8) is 0 Å². The third-order valence-corrected chi connectivity index (χ3v) is 2.25. The molecular formula is C13H24O. The molecule has 1 nitrogen and oxygen atoms in total. The van der Waals surface area contributed by atoms with Gasteiger partial charge < -0.3 is 4.42 Å². The van der Waals surface area contributed by atoms with Gasteiger partial charge in [-0.05, 0) is 29.9 Å². The molecule has 1 aromatic heterocycles. The molecule has 0 aliphatic heterocycles. The van der Waals surface area contributed by atoms with Crippen molar-refractivity contribution in [1.29, 1.82) is 0 Å². The summed E-state index contributed by atoms with van der Waals surface area (Å²) in [5, 5.41) is 0. The second kappa shape index (κ2) is 5.90. The second-order valence-corrected chi connectivity index (χ2v) is 3.97. The fourth-order valence-corrected chi connectivity index (χ4v) is 1.67. The highest BCUT2D eigenvalue weighted by Crippen LogP contribution is 2.30. The average molecular weight is 196 g/mol. The zero-order valence-electron chi connectivity index (χ0n) is 10.6. The van der Waals surface area contributed by atoms with Crippen molar-refractivity contribution in [1.82, 2.24) is 0 Å². The lowest BCUT2D eigenvalue weighted by Crippen LogP contribution is -1.95. The molecule has 1 heteroatoms. The van der Waals surface area contributed by atoms with Crippen molar-refractivity contribution in [3.8, 4) is 0 Å². The van der Waals surface area contributed by atoms with Gasteiger partial charge in [0.15, 0.2) is 0 Å². The normalized spacial score (nSPS) is 10.4. The van der Waals surface area contributed by atoms with Crippen LogP contribution in [0, 0.1) is 6.92 Å². The lowest BCUT2D eigenvalue weighted by molar-refractivity contribution is 0.525. The fraction of sp³-hybridized carbons (Fsp3) is 0.692. The van der Waals surface area contributed by atoms with Gasteiger partial charge in [0.2, 0.25) is 0 Å². The molecule has 1 aromatic rings. The van der Waals surface area contributed by atoms with E-state index in [-0.39, 0.29) is 0 Å². The van der Waals surface area contributed by atoms with Crippen LogP contribution < -0.4 is 0 Å². The molecule has 0 aromatic carbocycles. The first-order valence-electron chi connectivity index (χ1n) is 5.62. The Morgan fingerprint density at radius 3 is 1.79 bits per heavy atom. The Bertz CT molecular complexity index is 256. The predicted molar refractivity (Wildman–Crippen MR) is 63.0 cm³/mol. The van der Waals surface area contributed by atoms with E-state index in [4.69, 9.17) is 4.42 Å². The lowest BCUT2D eigenvalue weighted by Gasteiger charge is -2.09. The Morgan fingerprint density at radius 1 is 1.00 bits per heavy atom. The number of furan rings is 1. The monoisotopic (exact) mass is 196 g/mol. The SMILES string of the molecule is CC.Cc1occ(C(C)C)c1C(C)C. The van der Waals surface area contributed by atoms with Gasteiger partial charge in [-0.25, -0.2) is 0 Å². The van der Waals surface area contributed by atoms with Gasteiger partial charge in [-0.15, -0.1) is 0 Å². The van der Waals surface area contributed by atoms with Crippen LogP contribution in [0.25, 0.3) is 0 Å². The Balaban J connectivity index is 0.000000791. The summed E-state index contributed by atoms with van der Waals surface area (Å²) < 4.78 is 5.42. The molecule has 14 heavy (non-hydrogen) atoms. The van der Waals surface area contributed by atoms with Gasteiger partial charge in [-0.3, -0.25) is 0 Å². The molecule has 0 N–H and O–H groups in total. The summed E-state index contributed by atoms with van der Waals surface area (Å²) in [7, 11) is 0. The quantitative estimate of drug-likeness (QED) is 0.658. The van der Waals surface area contributed by atoms with Crippen LogP contribution in [0.5, 0.6) is 0 Å². The van der Waals surface area contributed by atoms with E-state index in [0.717, 1.165) is 5.76 Å². The topological polar surface area (TPSA) is 13.1 Å². The van der Waals surface area contributed by atoms with Crippen LogP contribution in [0.2, 0.25) is 0 Å². The van der Waals surface area contributed by atoms with Crippen molar-refractivity contribution in [3.05, 3.63) is 23.2 Å². The predicted octanol–water partition coefficient (Wildman–Crippen LogP) is 4.86. The van der Waals surface area contributed by atoms with Gasteiger partial charge in [-0.2, -0.15) is 0 Å². The van der Waals surface area contributed by atoms with Crippen LogP contribution in [0.15, 0.2) is 10.7 Å². The maximum absolute atomic E-state index is 5.42. The highest BCUT2D eigenvalue weighted by atomic mass is 16.3. The molecule has 1 heterocycles. The van der Waals surface area contributed by atoms with Gasteiger partial charge in [-0.1, -0.05) is 41.5 Å². The van der Waals surface area contributed by atoms with Crippen LogP contribution in [-0.4, -0.2) is 0 Å². The molecule has 0 unspecified atom stereocenters. The summed E-state index contributed by atoms with van der Waals surface area (Å²) in [6.07, 6.45) is 1.90. The molecule has 0 amide bonds. The summed E-state index contributed by atoms with van der Waals surface area (Å²) in [6, 6.07) is 0. The zero-order chi connectivity index (χ0) is 11.3. The minimum Gasteiger partial charge on any atom is -0.469 e. The number of hydrogen-bond acceptors (Lipinski definition) is 1. The summed E-state index contributed by atoms with van der Waals surface area (Å²) in [4.78, 5) is 0. The van der Waals surface area contributed by atoms with Gasteiger partial charge in [0.1, 0.15) is 5.76 Å². The second-order valence-electron chi connectivity index (χ2n) is 3.97. The average Bonchev–Trinajstić information content (AvgIpc) is 2.50. The van der Waals surface area contributed by atoms with Crippen LogP contribution in [0.3, 0.4) is 0 Å². The number of aryl methyl sites for hydroxylation is 1. The minimum absolute atomic E-state index is 0.569. The molecule has 0 spiro atoms. The highest BCUT2D eigenvalue weighted by molar-refractivity contribution is 5.32. The van der Waals surface area contributed by atoms with E-state index in [1.54, 1.807) is 0 Å². The molecule has 0 saturated carbocycles. The Kier molecular flexibility index (Phi) is 5.59. The molecule has 0 radical (unpaired) electrons. The van der Waals surface area contributed by atoms with Crippen LogP contribution in [-0.2, 0) is 0 Å². The first-order chi connectivity index (χ1) is 6.54. The zero-order valence-corrected chi connectivity index (χ0v) is 10.6. The molecule has 0 fully saturated rings. The minimum atomic E-state index is 0.569. The van der Waals surface area contributed by atoms with E-state index in [1.807, 2.05) is 27.0 Å². The smallest absolute Gasteiger partial charge is 0.104 e. The van der Waals surface area contributed by atoms with Crippen molar-refractivity contribution < 1.29 is 4.42 Å². The fourth-order valence-electron chi connectivity index (χ4n) is 1.67. The Morgan fingerprint density at radius 2 is 1.50 bits per heavy atom. The third kappa shape index (κ3) is 2.90. The van der Waals surface area contributed by atoms with Crippen molar-refractivity contribution in [2.45, 2.75) is 60.3 Å². The molecule has 0 bridgehead atoms. The highest BCUT2D eigenvalue weighted by Gasteiger charge is 2.15. The standard InChI is InChI=1S/C11H18O.C2H6/c1-7(2)10-6-12-9(5)11(10)8(3)4;1-2/h6-8H,1-5H3;1-2H3. The van der Waals surface area contributed by atoms with E-state index in [9.17, 15) is 0 Å². The van der Waals surface area contributed by atoms with Gasteiger partial charge in [0.25, 0.3) is 0 Å². The number of hydrogen-bond donors (Lipinski definition) is 0. The summed E-state index contributed by atoms with van der Waals surface area (Å²) in [5.74, 6) is 2.22. The molecule has 0 aliphatic carbocycles. The summed E-state index contributed by atoms with van der Waals surface area (Å²) in [5.41, 5.74) is 2.76. The van der Waals surface area contributed by atoms with Crippen LogP contribution >= 0.6 is 0 Å². The lowest BCUT2D eigenvalue weighted by atomic mass is 9.93. The molecule has 0 aliphatic rings. The van der Waals surface area contributed by atoms with E-state index < -0.39 is 0 Å². The molecular weight excluding hydrogens is 172 g/mol. The van der Waals surface area contributed by atoms with E-state index in [1.165, 1.54) is 11.1 Å². The molecule has 0 atom stereocenters. The number of rotatable bonds is 2. The summed E-state index contributed by atoms with van der Waals surface area (Å²) >= 11 is 0. The first kappa shape index (κ1) is 13.3. The van der Waals surface area contributed by atoms with Gasteiger partial charge in [0, 0.05) is 0 Å². The van der Waals surface area contributed by atoms with E-state index in [2.05, 4.69) is 27.7 Å². The third-order valence-electron chi connectivity index (χ3n) is 2.25. The molecule has 82 valence electrons. The first-order valence-corrected chi connectivity index (χ1v) is 5.62. The van der Waals surface area contributed by atoms with Crippen molar-refractivity contribution in [2.75, 3.05) is 0 Å². The maximum atomic E-state index is 5.42. The Hall–Kier alpha value is -0.720. The van der Waals surface area contributed by atoms with Gasteiger partial charge >= 0.3 is 0 Å². The van der Waals surface area contributed by atoms with E-state index >= 15 is 0 Å². The van der Waals surface area contributed by atoms with Crippen LogP contribution in [0.1, 0.15) is 70.3 Å². The van der Waals surface area contributed by atoms with Crippen LogP contribution in [0.4, 0.5) is 0 Å². The van der Waals surface area contributed by atoms with Crippen molar-refractivity contribution >= 4 is 0 Å². The Labute approximate surface area is 88.5 Å². The molecule has 0 saturated heterocycles. The van der Waals surface area contributed by atoms with Crippen molar-refractivity contribution in [2.24, 2.45) is 0 Å². The summed E-state index contributed by atoms with van der Waals surface area (Å²) in [6.45, 7) is 14.9. The van der Waals surface area contributed by atoms with Gasteiger partial charge in [0.05, 0.1) is 6.26 Å². The maximum Gasteiger partial charge on any atom is 0.104 e. The molecule has 1 rings (SSSR count). The largest absolute Gasteiger partial charge is 0.469 e.